The zero-order chi connectivity index (χ0) is 14.7. The second-order valence-electron chi connectivity index (χ2n) is 4.56. The lowest BCUT2D eigenvalue weighted by Gasteiger charge is -2.18. The summed E-state index contributed by atoms with van der Waals surface area (Å²) in [5.74, 6) is -1.32. The standard InChI is InChI=1S/C15H15FN2O2/c1-18(9-10-2-5-12(17)6-3-10)15(20)13-7-4-11(16)8-14(13)19/h2-8,19H,9,17H2,1H3. The molecule has 1 amide bonds. The number of anilines is 1. The third-order valence-corrected chi connectivity index (χ3v) is 2.94. The number of phenols is 1. The van der Waals surface area contributed by atoms with Gasteiger partial charge < -0.3 is 15.7 Å². The van der Waals surface area contributed by atoms with Gasteiger partial charge in [0.1, 0.15) is 11.6 Å². The molecule has 20 heavy (non-hydrogen) atoms. The van der Waals surface area contributed by atoms with Crippen LogP contribution in [0.15, 0.2) is 42.5 Å². The fourth-order valence-corrected chi connectivity index (χ4v) is 1.86. The highest BCUT2D eigenvalue weighted by atomic mass is 19.1. The van der Waals surface area contributed by atoms with Gasteiger partial charge in [-0.15, -0.1) is 0 Å². The molecule has 0 aromatic heterocycles. The van der Waals surface area contributed by atoms with E-state index in [1.54, 1.807) is 19.2 Å². The number of rotatable bonds is 3. The molecule has 0 aliphatic heterocycles. The average Bonchev–Trinajstić information content (AvgIpc) is 2.40. The van der Waals surface area contributed by atoms with E-state index in [-0.39, 0.29) is 17.2 Å². The number of amides is 1. The average molecular weight is 274 g/mol. The van der Waals surface area contributed by atoms with Crippen molar-refractivity contribution in [2.24, 2.45) is 0 Å². The summed E-state index contributed by atoms with van der Waals surface area (Å²) in [6, 6.07) is 10.5. The predicted molar refractivity (Wildman–Crippen MR) is 74.7 cm³/mol. The molecule has 0 spiro atoms. The van der Waals surface area contributed by atoms with Crippen LogP contribution in [0.1, 0.15) is 15.9 Å². The zero-order valence-corrected chi connectivity index (χ0v) is 11.0. The Morgan fingerprint density at radius 3 is 2.50 bits per heavy atom. The highest BCUT2D eigenvalue weighted by Gasteiger charge is 2.16. The monoisotopic (exact) mass is 274 g/mol. The number of hydrogen-bond donors (Lipinski definition) is 2. The second-order valence-corrected chi connectivity index (χ2v) is 4.56. The van der Waals surface area contributed by atoms with Crippen molar-refractivity contribution in [1.82, 2.24) is 4.90 Å². The van der Waals surface area contributed by atoms with E-state index in [0.717, 1.165) is 17.7 Å². The summed E-state index contributed by atoms with van der Waals surface area (Å²) in [5.41, 5.74) is 7.23. The third-order valence-electron chi connectivity index (χ3n) is 2.94. The molecule has 0 saturated carbocycles. The minimum absolute atomic E-state index is 0.0735. The number of aromatic hydroxyl groups is 1. The van der Waals surface area contributed by atoms with Gasteiger partial charge in [0, 0.05) is 25.3 Å². The molecule has 0 bridgehead atoms. The number of halogens is 1. The number of nitrogens with zero attached hydrogens (tertiary/aromatic N) is 1. The lowest BCUT2D eigenvalue weighted by Crippen LogP contribution is -2.26. The van der Waals surface area contributed by atoms with Crippen LogP contribution in [-0.4, -0.2) is 23.0 Å². The largest absolute Gasteiger partial charge is 0.507 e. The van der Waals surface area contributed by atoms with E-state index in [2.05, 4.69) is 0 Å². The fourth-order valence-electron chi connectivity index (χ4n) is 1.86. The van der Waals surface area contributed by atoms with E-state index in [0.29, 0.717) is 12.2 Å². The van der Waals surface area contributed by atoms with Crippen LogP contribution in [0.2, 0.25) is 0 Å². The molecule has 0 saturated heterocycles. The van der Waals surface area contributed by atoms with E-state index in [9.17, 15) is 14.3 Å². The summed E-state index contributed by atoms with van der Waals surface area (Å²) in [6.07, 6.45) is 0. The molecule has 2 aromatic rings. The Bertz CT molecular complexity index is 626. The van der Waals surface area contributed by atoms with Crippen molar-refractivity contribution in [3.8, 4) is 5.75 Å². The molecule has 4 nitrogen and oxygen atoms in total. The van der Waals surface area contributed by atoms with Crippen LogP contribution < -0.4 is 5.73 Å². The van der Waals surface area contributed by atoms with Crippen LogP contribution in [0.5, 0.6) is 5.75 Å². The first-order valence-electron chi connectivity index (χ1n) is 6.06. The quantitative estimate of drug-likeness (QED) is 0.844. The zero-order valence-electron chi connectivity index (χ0n) is 11.0. The first kappa shape index (κ1) is 13.9. The van der Waals surface area contributed by atoms with Gasteiger partial charge in [0.05, 0.1) is 5.56 Å². The molecule has 0 atom stereocenters. The maximum Gasteiger partial charge on any atom is 0.257 e. The second kappa shape index (κ2) is 5.61. The number of benzene rings is 2. The third kappa shape index (κ3) is 3.06. The molecule has 2 aromatic carbocycles. The van der Waals surface area contributed by atoms with Crippen LogP contribution in [0, 0.1) is 5.82 Å². The van der Waals surface area contributed by atoms with Crippen molar-refractivity contribution >= 4 is 11.6 Å². The van der Waals surface area contributed by atoms with Gasteiger partial charge in [-0.2, -0.15) is 0 Å². The van der Waals surface area contributed by atoms with Gasteiger partial charge in [0.15, 0.2) is 0 Å². The van der Waals surface area contributed by atoms with Crippen LogP contribution in [0.3, 0.4) is 0 Å². The minimum atomic E-state index is -0.583. The van der Waals surface area contributed by atoms with Crippen molar-refractivity contribution in [2.75, 3.05) is 12.8 Å². The molecular formula is C15H15FN2O2. The number of carbonyl (C=O) groups excluding carboxylic acids is 1. The van der Waals surface area contributed by atoms with Gasteiger partial charge in [-0.1, -0.05) is 12.1 Å². The molecule has 104 valence electrons. The maximum atomic E-state index is 12.9. The molecule has 2 rings (SSSR count). The maximum absolute atomic E-state index is 12.9. The van der Waals surface area contributed by atoms with Crippen LogP contribution >= 0.6 is 0 Å². The number of nitrogen functional groups attached to an aromatic ring is 1. The summed E-state index contributed by atoms with van der Waals surface area (Å²) in [7, 11) is 1.61. The number of hydrogen-bond acceptors (Lipinski definition) is 3. The predicted octanol–water partition coefficient (Wildman–Crippen LogP) is 2.39. The topological polar surface area (TPSA) is 66.6 Å². The first-order chi connectivity index (χ1) is 9.47. The van der Waals surface area contributed by atoms with Gasteiger partial charge in [-0.25, -0.2) is 4.39 Å². The Hall–Kier alpha value is -2.56. The molecule has 5 heteroatoms. The summed E-state index contributed by atoms with van der Waals surface area (Å²) < 4.78 is 12.9. The van der Waals surface area contributed by atoms with Crippen LogP contribution in [0.25, 0.3) is 0 Å². The van der Waals surface area contributed by atoms with Crippen molar-refractivity contribution in [1.29, 1.82) is 0 Å². The van der Waals surface area contributed by atoms with Gasteiger partial charge in [0.25, 0.3) is 5.91 Å². The Kier molecular flexibility index (Phi) is 3.89. The molecular weight excluding hydrogens is 259 g/mol. The van der Waals surface area contributed by atoms with Crippen molar-refractivity contribution in [3.63, 3.8) is 0 Å². The summed E-state index contributed by atoms with van der Waals surface area (Å²) in [4.78, 5) is 13.6. The molecule has 0 aliphatic rings. The number of nitrogens with two attached hydrogens (primary N) is 1. The van der Waals surface area contributed by atoms with Crippen molar-refractivity contribution in [3.05, 3.63) is 59.4 Å². The SMILES string of the molecule is CN(Cc1ccc(N)cc1)C(=O)c1ccc(F)cc1O. The van der Waals surface area contributed by atoms with Gasteiger partial charge >= 0.3 is 0 Å². The summed E-state index contributed by atoms with van der Waals surface area (Å²) in [5, 5.41) is 9.61. The van der Waals surface area contributed by atoms with E-state index >= 15 is 0 Å². The highest BCUT2D eigenvalue weighted by Crippen LogP contribution is 2.20. The fraction of sp³-hybridized carbons (Fsp3) is 0.133. The Balaban J connectivity index is 2.14. The summed E-state index contributed by atoms with van der Waals surface area (Å²) >= 11 is 0. The Morgan fingerprint density at radius 1 is 1.25 bits per heavy atom. The minimum Gasteiger partial charge on any atom is -0.507 e. The van der Waals surface area contributed by atoms with Gasteiger partial charge in [-0.05, 0) is 29.8 Å². The van der Waals surface area contributed by atoms with E-state index in [1.807, 2.05) is 12.1 Å². The van der Waals surface area contributed by atoms with Gasteiger partial charge in [-0.3, -0.25) is 4.79 Å². The molecule has 0 radical (unpaired) electrons. The normalized spacial score (nSPS) is 10.3. The Morgan fingerprint density at radius 2 is 1.90 bits per heavy atom. The number of carbonyl (C=O) groups is 1. The highest BCUT2D eigenvalue weighted by molar-refractivity contribution is 5.96. The van der Waals surface area contributed by atoms with E-state index < -0.39 is 5.82 Å². The molecule has 0 heterocycles. The van der Waals surface area contributed by atoms with E-state index in [1.165, 1.54) is 11.0 Å². The van der Waals surface area contributed by atoms with Gasteiger partial charge in [0.2, 0.25) is 0 Å². The van der Waals surface area contributed by atoms with Crippen LogP contribution in [0.4, 0.5) is 10.1 Å². The first-order valence-corrected chi connectivity index (χ1v) is 6.06. The number of phenolic OH excluding ortho intramolecular Hbond substituents is 1. The lowest BCUT2D eigenvalue weighted by atomic mass is 10.1. The van der Waals surface area contributed by atoms with Crippen molar-refractivity contribution < 1.29 is 14.3 Å². The van der Waals surface area contributed by atoms with Crippen LogP contribution in [-0.2, 0) is 6.54 Å². The Labute approximate surface area is 116 Å². The molecule has 0 unspecified atom stereocenters. The summed E-state index contributed by atoms with van der Waals surface area (Å²) in [6.45, 7) is 0.371. The smallest absolute Gasteiger partial charge is 0.257 e. The molecule has 0 fully saturated rings. The molecule has 3 N–H and O–H groups in total. The van der Waals surface area contributed by atoms with Crippen molar-refractivity contribution in [2.45, 2.75) is 6.54 Å². The molecule has 0 aliphatic carbocycles. The van der Waals surface area contributed by atoms with E-state index in [4.69, 9.17) is 5.73 Å². The lowest BCUT2D eigenvalue weighted by molar-refractivity contribution is 0.0782.